The third kappa shape index (κ3) is 2.29. The van der Waals surface area contributed by atoms with Gasteiger partial charge in [0.1, 0.15) is 11.3 Å². The van der Waals surface area contributed by atoms with Gasteiger partial charge in [0.25, 0.3) is 5.82 Å². The highest BCUT2D eigenvalue weighted by molar-refractivity contribution is 5.63. The zero-order valence-electron chi connectivity index (χ0n) is 12.5. The molecule has 0 saturated carbocycles. The smallest absolute Gasteiger partial charge is 0.343 e. The molecule has 2 aromatic carbocycles. The van der Waals surface area contributed by atoms with E-state index in [0.717, 1.165) is 11.3 Å². The summed E-state index contributed by atoms with van der Waals surface area (Å²) in [5.41, 5.74) is 2.76. The lowest BCUT2D eigenvalue weighted by atomic mass is 10.1. The molecule has 0 spiro atoms. The van der Waals surface area contributed by atoms with Crippen molar-refractivity contribution in [3.05, 3.63) is 76.5 Å². The minimum atomic E-state index is -0.132. The van der Waals surface area contributed by atoms with Crippen molar-refractivity contribution in [1.82, 2.24) is 4.98 Å². The molecule has 0 atom stereocenters. The molecule has 0 aliphatic carbocycles. The van der Waals surface area contributed by atoms with Crippen LogP contribution in [0.4, 0.5) is 0 Å². The van der Waals surface area contributed by atoms with Gasteiger partial charge >= 0.3 is 5.56 Å². The summed E-state index contributed by atoms with van der Waals surface area (Å²) in [5.74, 6) is 0.841. The first-order chi connectivity index (χ1) is 10.6. The summed E-state index contributed by atoms with van der Waals surface area (Å²) in [5, 5.41) is 10.1. The van der Waals surface area contributed by atoms with E-state index in [-0.39, 0.29) is 11.3 Å². The minimum Gasteiger partial charge on any atom is -0.504 e. The molecule has 2 N–H and O–H groups in total. The number of nitrogens with one attached hydrogen (secondary N) is 1. The van der Waals surface area contributed by atoms with E-state index in [1.54, 1.807) is 12.1 Å². The van der Waals surface area contributed by atoms with Crippen LogP contribution in [0.3, 0.4) is 0 Å². The maximum absolute atomic E-state index is 12.4. The van der Waals surface area contributed by atoms with E-state index in [0.29, 0.717) is 17.1 Å². The van der Waals surface area contributed by atoms with Crippen LogP contribution in [0.1, 0.15) is 11.5 Å². The number of aromatic hydroxyl groups is 1. The Bertz CT molecular complexity index is 883. The van der Waals surface area contributed by atoms with Crippen LogP contribution in [0.25, 0.3) is 16.8 Å². The van der Waals surface area contributed by atoms with Crippen LogP contribution in [0, 0.1) is 13.8 Å². The molecular formula is C18H17N2O2+. The molecule has 22 heavy (non-hydrogen) atoms. The zero-order chi connectivity index (χ0) is 15.7. The molecule has 0 aliphatic heterocycles. The summed E-state index contributed by atoms with van der Waals surface area (Å²) in [7, 11) is 0. The number of nitrogens with zero attached hydrogens (tertiary/aromatic N) is 1. The van der Waals surface area contributed by atoms with Gasteiger partial charge in [-0.1, -0.05) is 42.5 Å². The van der Waals surface area contributed by atoms with E-state index < -0.39 is 0 Å². The zero-order valence-corrected chi connectivity index (χ0v) is 12.5. The van der Waals surface area contributed by atoms with Crippen molar-refractivity contribution in [2.45, 2.75) is 13.8 Å². The summed E-state index contributed by atoms with van der Waals surface area (Å²) < 4.78 is 1.86. The van der Waals surface area contributed by atoms with Crippen molar-refractivity contribution >= 4 is 0 Å². The molecule has 3 rings (SSSR count). The molecule has 4 heteroatoms. The molecule has 110 valence electrons. The number of hydrogen-bond acceptors (Lipinski definition) is 2. The molecule has 0 aliphatic rings. The molecule has 0 amide bonds. The fourth-order valence-corrected chi connectivity index (χ4v) is 2.77. The lowest BCUT2D eigenvalue weighted by molar-refractivity contribution is -0.613. The fourth-order valence-electron chi connectivity index (χ4n) is 2.77. The van der Waals surface area contributed by atoms with Crippen LogP contribution < -0.4 is 10.1 Å². The molecule has 0 radical (unpaired) electrons. The Balaban J connectivity index is 2.34. The van der Waals surface area contributed by atoms with Crippen molar-refractivity contribution in [1.29, 1.82) is 0 Å². The van der Waals surface area contributed by atoms with Crippen molar-refractivity contribution in [3.8, 4) is 22.6 Å². The standard InChI is InChI=1S/C18H16N2O2/c1-12-17(14-8-4-3-5-9-14)18(22)19-13(2)20(12)15-10-6-7-11-16(15)21/h3-11,21H,1-2H3/p+1. The fraction of sp³-hybridized carbons (Fsp3) is 0.111. The number of aromatic nitrogens is 2. The Labute approximate surface area is 128 Å². The number of aromatic amines is 1. The normalized spacial score (nSPS) is 10.6. The van der Waals surface area contributed by atoms with Gasteiger partial charge in [-0.15, -0.1) is 0 Å². The Morgan fingerprint density at radius 1 is 0.955 bits per heavy atom. The summed E-state index contributed by atoms with van der Waals surface area (Å²) >= 11 is 0. The molecule has 0 bridgehead atoms. The monoisotopic (exact) mass is 293 g/mol. The lowest BCUT2D eigenvalue weighted by Crippen LogP contribution is -2.42. The molecule has 4 nitrogen and oxygen atoms in total. The van der Waals surface area contributed by atoms with E-state index in [1.807, 2.05) is 60.9 Å². The van der Waals surface area contributed by atoms with Crippen molar-refractivity contribution in [2.24, 2.45) is 0 Å². The Hall–Kier alpha value is -2.88. The third-order valence-corrected chi connectivity index (χ3v) is 3.74. The summed E-state index contributed by atoms with van der Waals surface area (Å²) in [6, 6.07) is 16.6. The number of aryl methyl sites for hydroxylation is 1. The largest absolute Gasteiger partial charge is 0.504 e. The molecule has 0 saturated heterocycles. The summed E-state index contributed by atoms with van der Waals surface area (Å²) in [6.07, 6.45) is 0. The Morgan fingerprint density at radius 3 is 2.27 bits per heavy atom. The predicted molar refractivity (Wildman–Crippen MR) is 85.2 cm³/mol. The lowest BCUT2D eigenvalue weighted by Gasteiger charge is -2.11. The van der Waals surface area contributed by atoms with Crippen LogP contribution in [-0.2, 0) is 0 Å². The van der Waals surface area contributed by atoms with Gasteiger partial charge < -0.3 is 5.11 Å². The quantitative estimate of drug-likeness (QED) is 0.714. The van der Waals surface area contributed by atoms with Gasteiger partial charge in [-0.25, -0.2) is 9.78 Å². The number of benzene rings is 2. The van der Waals surface area contributed by atoms with Gasteiger partial charge in [0.15, 0.2) is 11.4 Å². The maximum Gasteiger partial charge on any atom is 0.343 e. The highest BCUT2D eigenvalue weighted by Gasteiger charge is 2.22. The number of hydrogen-bond donors (Lipinski definition) is 2. The average Bonchev–Trinajstić information content (AvgIpc) is 2.50. The molecule has 1 aromatic heterocycles. The van der Waals surface area contributed by atoms with E-state index in [9.17, 15) is 9.90 Å². The Morgan fingerprint density at radius 2 is 1.59 bits per heavy atom. The molecule has 1 heterocycles. The number of phenolic OH excluding ortho intramolecular Hbond substituents is 1. The molecule has 0 unspecified atom stereocenters. The number of phenols is 1. The van der Waals surface area contributed by atoms with Crippen LogP contribution in [0.5, 0.6) is 5.75 Å². The highest BCUT2D eigenvalue weighted by Crippen LogP contribution is 2.21. The van der Waals surface area contributed by atoms with Crippen LogP contribution >= 0.6 is 0 Å². The van der Waals surface area contributed by atoms with Gasteiger partial charge in [0.05, 0.1) is 0 Å². The topological polar surface area (TPSA) is 57.0 Å². The second kappa shape index (κ2) is 5.48. The summed E-state index contributed by atoms with van der Waals surface area (Å²) in [4.78, 5) is 15.3. The van der Waals surface area contributed by atoms with E-state index >= 15 is 0 Å². The molecular weight excluding hydrogens is 276 g/mol. The average molecular weight is 293 g/mol. The third-order valence-electron chi connectivity index (χ3n) is 3.74. The van der Waals surface area contributed by atoms with Gasteiger partial charge in [-0.2, -0.15) is 4.57 Å². The predicted octanol–water partition coefficient (Wildman–Crippen LogP) is 2.64. The number of rotatable bonds is 2. The van der Waals surface area contributed by atoms with Gasteiger partial charge in [0.2, 0.25) is 0 Å². The SMILES string of the molecule is Cc1[nH]c(=O)c(-c2ccccc2)c(C)[n+]1-c1ccccc1O. The Kier molecular flexibility index (Phi) is 3.51. The first-order valence-corrected chi connectivity index (χ1v) is 7.09. The van der Waals surface area contributed by atoms with Gasteiger partial charge in [-0.3, -0.25) is 0 Å². The minimum absolute atomic E-state index is 0.132. The maximum atomic E-state index is 12.4. The number of para-hydroxylation sites is 2. The second-order valence-electron chi connectivity index (χ2n) is 5.19. The second-order valence-corrected chi connectivity index (χ2v) is 5.19. The van der Waals surface area contributed by atoms with Crippen LogP contribution in [0.15, 0.2) is 59.4 Å². The van der Waals surface area contributed by atoms with Crippen LogP contribution in [-0.4, -0.2) is 10.1 Å². The molecule has 3 aromatic rings. The van der Waals surface area contributed by atoms with Gasteiger partial charge in [0, 0.05) is 6.92 Å². The number of H-pyrrole nitrogens is 1. The van der Waals surface area contributed by atoms with E-state index in [4.69, 9.17) is 0 Å². The van der Waals surface area contributed by atoms with Crippen molar-refractivity contribution in [2.75, 3.05) is 0 Å². The van der Waals surface area contributed by atoms with Crippen molar-refractivity contribution < 1.29 is 9.67 Å². The van der Waals surface area contributed by atoms with E-state index in [1.165, 1.54) is 0 Å². The van der Waals surface area contributed by atoms with E-state index in [2.05, 4.69) is 4.98 Å². The van der Waals surface area contributed by atoms with Gasteiger partial charge in [-0.05, 0) is 24.6 Å². The highest BCUT2D eigenvalue weighted by atomic mass is 16.3. The van der Waals surface area contributed by atoms with Crippen molar-refractivity contribution in [3.63, 3.8) is 0 Å². The first-order valence-electron chi connectivity index (χ1n) is 7.09. The first kappa shape index (κ1) is 14.1. The summed E-state index contributed by atoms with van der Waals surface area (Å²) in [6.45, 7) is 3.70. The van der Waals surface area contributed by atoms with Crippen LogP contribution in [0.2, 0.25) is 0 Å². The molecule has 0 fully saturated rings.